The fourth-order valence-corrected chi connectivity index (χ4v) is 5.10. The van der Waals surface area contributed by atoms with Crippen LogP contribution in [0.5, 0.6) is 0 Å². The van der Waals surface area contributed by atoms with Gasteiger partial charge in [-0.05, 0) is 32.6 Å². The third-order valence-electron chi connectivity index (χ3n) is 7.24. The lowest BCUT2D eigenvalue weighted by atomic mass is 9.84. The predicted molar refractivity (Wildman–Crippen MR) is 146 cm³/mol. The molecule has 2 radical (unpaired) electrons. The van der Waals surface area contributed by atoms with Crippen LogP contribution in [0.2, 0.25) is 6.32 Å². The molecule has 3 nitrogen and oxygen atoms in total. The summed E-state index contributed by atoms with van der Waals surface area (Å²) in [6.07, 6.45) is 25.6. The molecule has 0 bridgehead atoms. The highest BCUT2D eigenvalue weighted by atomic mass is 15.5. The van der Waals surface area contributed by atoms with Crippen molar-refractivity contribution in [1.82, 2.24) is 15.0 Å². The summed E-state index contributed by atoms with van der Waals surface area (Å²) in [5.41, 5.74) is 2.72. The molecule has 1 heterocycles. The van der Waals surface area contributed by atoms with E-state index >= 15 is 0 Å². The molecule has 1 atom stereocenters. The normalized spacial score (nSPS) is 12.6. The summed E-state index contributed by atoms with van der Waals surface area (Å²) < 4.78 is 0. The second-order valence-electron chi connectivity index (χ2n) is 10.2. The van der Waals surface area contributed by atoms with Gasteiger partial charge in [-0.1, -0.05) is 123 Å². The Morgan fingerprint density at radius 1 is 0.545 bits per heavy atom. The second-order valence-corrected chi connectivity index (χ2v) is 10.2. The molecule has 0 aliphatic carbocycles. The van der Waals surface area contributed by atoms with Crippen molar-refractivity contribution in [3.8, 4) is 0 Å². The molecule has 0 aliphatic heterocycles. The maximum absolute atomic E-state index is 5.77. The topological polar surface area (TPSA) is 30.7 Å². The summed E-state index contributed by atoms with van der Waals surface area (Å²) in [7, 11) is 5.77. The van der Waals surface area contributed by atoms with Crippen LogP contribution in [-0.2, 0) is 6.54 Å². The van der Waals surface area contributed by atoms with E-state index in [0.717, 1.165) is 19.3 Å². The van der Waals surface area contributed by atoms with Crippen LogP contribution in [-0.4, -0.2) is 22.8 Å². The Morgan fingerprint density at radius 3 is 1.21 bits per heavy atom. The van der Waals surface area contributed by atoms with E-state index in [-0.39, 0.29) is 0 Å². The van der Waals surface area contributed by atoms with Gasteiger partial charge in [-0.15, -0.1) is 0 Å². The van der Waals surface area contributed by atoms with E-state index in [4.69, 9.17) is 18.0 Å². The van der Waals surface area contributed by atoms with Gasteiger partial charge in [-0.3, -0.25) is 0 Å². The van der Waals surface area contributed by atoms with Gasteiger partial charge in [0.25, 0.3) is 0 Å². The summed E-state index contributed by atoms with van der Waals surface area (Å²) in [5.74, 6) is 1.17. The molecular weight excluding hydrogens is 401 g/mol. The highest BCUT2D eigenvalue weighted by Crippen LogP contribution is 2.36. The minimum Gasteiger partial charge on any atom is -0.185 e. The van der Waals surface area contributed by atoms with Crippen molar-refractivity contribution in [2.24, 2.45) is 0 Å². The average Bonchev–Trinajstić information content (AvgIpc) is 3.26. The molecule has 0 saturated heterocycles. The smallest absolute Gasteiger partial charge is 0.0893 e. The van der Waals surface area contributed by atoms with Crippen molar-refractivity contribution >= 4 is 7.85 Å². The molecule has 1 unspecified atom stereocenters. The molecular formula is C29H56BN3. The largest absolute Gasteiger partial charge is 0.185 e. The van der Waals surface area contributed by atoms with Crippen molar-refractivity contribution in [3.05, 3.63) is 11.4 Å². The van der Waals surface area contributed by atoms with Crippen LogP contribution in [0, 0.1) is 0 Å². The Morgan fingerprint density at radius 2 is 0.909 bits per heavy atom. The third-order valence-corrected chi connectivity index (χ3v) is 7.24. The highest BCUT2D eigenvalue weighted by molar-refractivity contribution is 6.08. The van der Waals surface area contributed by atoms with Gasteiger partial charge >= 0.3 is 0 Å². The first kappa shape index (κ1) is 30.2. The summed E-state index contributed by atoms with van der Waals surface area (Å²) in [4.78, 5) is 1.99. The number of nitrogens with zero attached hydrogens (tertiary/aromatic N) is 3. The fourth-order valence-electron chi connectivity index (χ4n) is 5.10. The van der Waals surface area contributed by atoms with E-state index in [9.17, 15) is 0 Å². The van der Waals surface area contributed by atoms with E-state index in [1.165, 1.54) is 127 Å². The number of aromatic nitrogens is 3. The number of rotatable bonds is 23. The molecule has 0 N–H and O–H groups in total. The molecule has 0 fully saturated rings. The van der Waals surface area contributed by atoms with E-state index in [2.05, 4.69) is 27.7 Å². The van der Waals surface area contributed by atoms with E-state index in [1.54, 1.807) is 0 Å². The lowest BCUT2D eigenvalue weighted by molar-refractivity contribution is 0.464. The summed E-state index contributed by atoms with van der Waals surface area (Å²) >= 11 is 0. The monoisotopic (exact) mass is 457 g/mol. The van der Waals surface area contributed by atoms with E-state index in [0.29, 0.717) is 11.8 Å². The van der Waals surface area contributed by atoms with Gasteiger partial charge in [0.2, 0.25) is 0 Å². The standard InChI is InChI=1S/C29H56BN3/c1-5-9-12-16-21-26(22-17-13-10-6-2)28-29(32-33(8-4)31-28)27(23-18-14-11-7-3)24-19-15-20-25-30/h26-27H,5-25H2,1-4H3. The quantitative estimate of drug-likeness (QED) is 0.121. The molecule has 1 rings (SSSR count). The molecule has 33 heavy (non-hydrogen) atoms. The zero-order chi connectivity index (χ0) is 24.2. The molecule has 1 aromatic heterocycles. The first-order valence-electron chi connectivity index (χ1n) is 14.9. The maximum Gasteiger partial charge on any atom is 0.0893 e. The number of hydrogen-bond donors (Lipinski definition) is 0. The first-order chi connectivity index (χ1) is 16.2. The van der Waals surface area contributed by atoms with Gasteiger partial charge in [0.1, 0.15) is 0 Å². The van der Waals surface area contributed by atoms with Gasteiger partial charge in [0.05, 0.1) is 25.8 Å². The van der Waals surface area contributed by atoms with Crippen LogP contribution < -0.4 is 0 Å². The Balaban J connectivity index is 3.03. The number of hydrogen-bond acceptors (Lipinski definition) is 2. The second kappa shape index (κ2) is 20.6. The minimum absolute atomic E-state index is 0.573. The molecule has 0 saturated carbocycles. The Hall–Kier alpha value is -0.795. The van der Waals surface area contributed by atoms with Crippen LogP contribution in [0.4, 0.5) is 0 Å². The molecule has 0 aliphatic rings. The van der Waals surface area contributed by atoms with Crippen molar-refractivity contribution in [1.29, 1.82) is 0 Å². The van der Waals surface area contributed by atoms with Crippen LogP contribution in [0.25, 0.3) is 0 Å². The lowest BCUT2D eigenvalue weighted by Gasteiger charge is -2.20. The SMILES string of the molecule is [B]CCCCCC(CCCCCC)c1nn(CC)nc1C(CCCCCC)CCCCCC. The van der Waals surface area contributed by atoms with Crippen LogP contribution in [0.1, 0.15) is 173 Å². The zero-order valence-electron chi connectivity index (χ0n) is 22.9. The minimum atomic E-state index is 0.573. The van der Waals surface area contributed by atoms with Crippen molar-refractivity contribution in [2.75, 3.05) is 0 Å². The Bertz CT molecular complexity index is 488. The average molecular weight is 458 g/mol. The van der Waals surface area contributed by atoms with Crippen molar-refractivity contribution < 1.29 is 0 Å². The summed E-state index contributed by atoms with van der Waals surface area (Å²) in [5, 5.41) is 10.2. The van der Waals surface area contributed by atoms with Crippen LogP contribution >= 0.6 is 0 Å². The van der Waals surface area contributed by atoms with Gasteiger partial charge in [-0.2, -0.15) is 15.0 Å². The molecule has 1 aromatic rings. The van der Waals surface area contributed by atoms with Crippen LogP contribution in [0.15, 0.2) is 0 Å². The summed E-state index contributed by atoms with van der Waals surface area (Å²) in [6.45, 7) is 9.97. The molecule has 4 heteroatoms. The number of aryl methyl sites for hydroxylation is 1. The maximum atomic E-state index is 5.77. The summed E-state index contributed by atoms with van der Waals surface area (Å²) in [6, 6.07) is 0. The fraction of sp³-hybridized carbons (Fsp3) is 0.931. The number of unbranched alkanes of at least 4 members (excludes halogenated alkanes) is 11. The van der Waals surface area contributed by atoms with E-state index < -0.39 is 0 Å². The third kappa shape index (κ3) is 13.0. The van der Waals surface area contributed by atoms with Gasteiger partial charge in [0.15, 0.2) is 0 Å². The van der Waals surface area contributed by atoms with E-state index in [1.807, 2.05) is 4.80 Å². The lowest BCUT2D eigenvalue weighted by Crippen LogP contribution is -2.09. The Labute approximate surface area is 208 Å². The molecule has 0 aromatic carbocycles. The van der Waals surface area contributed by atoms with Gasteiger partial charge < -0.3 is 0 Å². The first-order valence-corrected chi connectivity index (χ1v) is 14.9. The molecule has 0 spiro atoms. The van der Waals surface area contributed by atoms with Gasteiger partial charge in [0, 0.05) is 11.8 Å². The predicted octanol–water partition coefficient (Wildman–Crippen LogP) is 9.52. The van der Waals surface area contributed by atoms with Gasteiger partial charge in [-0.25, -0.2) is 0 Å². The highest BCUT2D eigenvalue weighted by Gasteiger charge is 2.26. The van der Waals surface area contributed by atoms with Crippen molar-refractivity contribution in [3.63, 3.8) is 0 Å². The molecule has 190 valence electrons. The van der Waals surface area contributed by atoms with Crippen LogP contribution in [0.3, 0.4) is 0 Å². The molecule has 0 amide bonds. The van der Waals surface area contributed by atoms with Crippen molar-refractivity contribution in [2.45, 2.75) is 174 Å². The zero-order valence-corrected chi connectivity index (χ0v) is 22.9. The Kier molecular flexibility index (Phi) is 18.8.